The first-order valence-electron chi connectivity index (χ1n) is 5.65. The molecule has 1 aromatic carbocycles. The normalized spacial score (nSPS) is 25.5. The molecule has 1 aliphatic rings. The van der Waals surface area contributed by atoms with Crippen LogP contribution in [0.5, 0.6) is 5.75 Å². The summed E-state index contributed by atoms with van der Waals surface area (Å²) in [6.45, 7) is 0. The van der Waals surface area contributed by atoms with E-state index in [1.54, 1.807) is 7.11 Å². The smallest absolute Gasteiger partial charge is 0.122 e. The SMILES string of the molecule is CNC1CCC(c2ccccc2OC)C1. The van der Waals surface area contributed by atoms with Crippen LogP contribution < -0.4 is 10.1 Å². The Bertz CT molecular complexity index is 324. The summed E-state index contributed by atoms with van der Waals surface area (Å²) >= 11 is 0. The molecule has 0 bridgehead atoms. The van der Waals surface area contributed by atoms with E-state index in [2.05, 4.69) is 30.6 Å². The van der Waals surface area contributed by atoms with Crippen LogP contribution in [0.4, 0.5) is 0 Å². The Morgan fingerprint density at radius 1 is 1.27 bits per heavy atom. The third-order valence-electron chi connectivity index (χ3n) is 3.42. The zero-order valence-electron chi connectivity index (χ0n) is 9.49. The van der Waals surface area contributed by atoms with Gasteiger partial charge in [0.05, 0.1) is 7.11 Å². The molecule has 1 aromatic rings. The fourth-order valence-corrected chi connectivity index (χ4v) is 2.53. The molecule has 15 heavy (non-hydrogen) atoms. The zero-order chi connectivity index (χ0) is 10.7. The second-order valence-corrected chi connectivity index (χ2v) is 4.24. The van der Waals surface area contributed by atoms with Crippen LogP contribution in [0.15, 0.2) is 24.3 Å². The van der Waals surface area contributed by atoms with Crippen LogP contribution in [-0.4, -0.2) is 20.2 Å². The molecule has 0 aromatic heterocycles. The van der Waals surface area contributed by atoms with Gasteiger partial charge in [0.2, 0.25) is 0 Å². The second kappa shape index (κ2) is 4.67. The van der Waals surface area contributed by atoms with Crippen LogP contribution in [0, 0.1) is 0 Å². The summed E-state index contributed by atoms with van der Waals surface area (Å²) in [5.74, 6) is 1.71. The second-order valence-electron chi connectivity index (χ2n) is 4.24. The van der Waals surface area contributed by atoms with Gasteiger partial charge >= 0.3 is 0 Å². The molecule has 2 atom stereocenters. The highest BCUT2D eigenvalue weighted by molar-refractivity contribution is 5.36. The summed E-state index contributed by atoms with van der Waals surface area (Å²) in [5, 5.41) is 3.36. The van der Waals surface area contributed by atoms with Crippen LogP contribution in [0.25, 0.3) is 0 Å². The van der Waals surface area contributed by atoms with E-state index >= 15 is 0 Å². The lowest BCUT2D eigenvalue weighted by Crippen LogP contribution is -2.21. The summed E-state index contributed by atoms with van der Waals surface area (Å²) in [4.78, 5) is 0. The van der Waals surface area contributed by atoms with E-state index in [1.807, 2.05) is 6.07 Å². The first-order valence-corrected chi connectivity index (χ1v) is 5.65. The van der Waals surface area contributed by atoms with Gasteiger partial charge < -0.3 is 10.1 Å². The Balaban J connectivity index is 2.16. The molecule has 0 aliphatic heterocycles. The molecule has 1 aliphatic carbocycles. The maximum atomic E-state index is 5.41. The summed E-state index contributed by atoms with van der Waals surface area (Å²) in [5.41, 5.74) is 1.37. The molecular formula is C13H19NO. The fraction of sp³-hybridized carbons (Fsp3) is 0.538. The fourth-order valence-electron chi connectivity index (χ4n) is 2.53. The zero-order valence-corrected chi connectivity index (χ0v) is 9.49. The number of rotatable bonds is 3. The van der Waals surface area contributed by atoms with Gasteiger partial charge in [-0.05, 0) is 43.9 Å². The Kier molecular flexibility index (Phi) is 3.27. The Hall–Kier alpha value is -1.02. The predicted molar refractivity (Wildman–Crippen MR) is 62.4 cm³/mol. The topological polar surface area (TPSA) is 21.3 Å². The summed E-state index contributed by atoms with van der Waals surface area (Å²) in [6, 6.07) is 9.07. The van der Waals surface area contributed by atoms with Gasteiger partial charge in [0.25, 0.3) is 0 Å². The van der Waals surface area contributed by atoms with Gasteiger partial charge in [-0.15, -0.1) is 0 Å². The lowest BCUT2D eigenvalue weighted by molar-refractivity contribution is 0.405. The number of benzene rings is 1. The Labute approximate surface area is 91.6 Å². The molecule has 2 unspecified atom stereocenters. The largest absolute Gasteiger partial charge is 0.496 e. The molecule has 0 heterocycles. The minimum absolute atomic E-state index is 0.665. The van der Waals surface area contributed by atoms with E-state index in [9.17, 15) is 0 Å². The number of hydrogen-bond donors (Lipinski definition) is 1. The van der Waals surface area contributed by atoms with Crippen molar-refractivity contribution < 1.29 is 4.74 Å². The van der Waals surface area contributed by atoms with Crippen molar-refractivity contribution in [3.8, 4) is 5.75 Å². The van der Waals surface area contributed by atoms with Crippen molar-refractivity contribution in [2.45, 2.75) is 31.2 Å². The standard InChI is InChI=1S/C13H19NO/c1-14-11-8-7-10(9-11)12-5-3-4-6-13(12)15-2/h3-6,10-11,14H,7-9H2,1-2H3. The number of nitrogens with one attached hydrogen (secondary N) is 1. The molecule has 0 saturated heterocycles. The molecule has 1 fully saturated rings. The Morgan fingerprint density at radius 2 is 2.07 bits per heavy atom. The maximum absolute atomic E-state index is 5.41. The summed E-state index contributed by atoms with van der Waals surface area (Å²) in [7, 11) is 3.80. The molecule has 0 spiro atoms. The lowest BCUT2D eigenvalue weighted by Gasteiger charge is -2.14. The minimum atomic E-state index is 0.665. The minimum Gasteiger partial charge on any atom is -0.496 e. The predicted octanol–water partition coefficient (Wildman–Crippen LogP) is 2.55. The van der Waals surface area contributed by atoms with E-state index < -0.39 is 0 Å². The van der Waals surface area contributed by atoms with Gasteiger partial charge in [-0.3, -0.25) is 0 Å². The average Bonchev–Trinajstić information content (AvgIpc) is 2.77. The van der Waals surface area contributed by atoms with Crippen LogP contribution in [0.1, 0.15) is 30.7 Å². The van der Waals surface area contributed by atoms with Crippen LogP contribution in [0.2, 0.25) is 0 Å². The summed E-state index contributed by atoms with van der Waals surface area (Å²) < 4.78 is 5.41. The monoisotopic (exact) mass is 205 g/mol. The summed E-state index contributed by atoms with van der Waals surface area (Å²) in [6.07, 6.45) is 3.78. The molecule has 0 amide bonds. The number of ether oxygens (including phenoxy) is 1. The lowest BCUT2D eigenvalue weighted by atomic mass is 9.96. The van der Waals surface area contributed by atoms with Crippen molar-refractivity contribution in [2.24, 2.45) is 0 Å². The van der Waals surface area contributed by atoms with Crippen LogP contribution in [0.3, 0.4) is 0 Å². The van der Waals surface area contributed by atoms with E-state index in [0.717, 1.165) is 5.75 Å². The molecule has 1 saturated carbocycles. The van der Waals surface area contributed by atoms with Crippen LogP contribution in [-0.2, 0) is 0 Å². The van der Waals surface area contributed by atoms with E-state index in [0.29, 0.717) is 12.0 Å². The highest BCUT2D eigenvalue weighted by Crippen LogP contribution is 2.38. The number of hydrogen-bond acceptors (Lipinski definition) is 2. The highest BCUT2D eigenvalue weighted by atomic mass is 16.5. The van der Waals surface area contributed by atoms with Gasteiger partial charge in [0.1, 0.15) is 5.75 Å². The third kappa shape index (κ3) is 2.15. The van der Waals surface area contributed by atoms with Crippen molar-refractivity contribution in [3.05, 3.63) is 29.8 Å². The Morgan fingerprint density at radius 3 is 2.73 bits per heavy atom. The van der Waals surface area contributed by atoms with Gasteiger partial charge in [-0.2, -0.15) is 0 Å². The van der Waals surface area contributed by atoms with E-state index in [-0.39, 0.29) is 0 Å². The van der Waals surface area contributed by atoms with Gasteiger partial charge in [-0.1, -0.05) is 18.2 Å². The van der Waals surface area contributed by atoms with Crippen molar-refractivity contribution >= 4 is 0 Å². The van der Waals surface area contributed by atoms with Gasteiger partial charge in [0.15, 0.2) is 0 Å². The number of methoxy groups -OCH3 is 1. The maximum Gasteiger partial charge on any atom is 0.122 e. The van der Waals surface area contributed by atoms with Crippen LogP contribution >= 0.6 is 0 Å². The first-order chi connectivity index (χ1) is 7.35. The molecule has 2 heteroatoms. The van der Waals surface area contributed by atoms with Gasteiger partial charge in [0, 0.05) is 6.04 Å². The van der Waals surface area contributed by atoms with E-state index in [1.165, 1.54) is 24.8 Å². The van der Waals surface area contributed by atoms with Crippen molar-refractivity contribution in [1.29, 1.82) is 0 Å². The average molecular weight is 205 g/mol. The first kappa shape index (κ1) is 10.5. The molecule has 2 nitrogen and oxygen atoms in total. The van der Waals surface area contributed by atoms with Crippen molar-refractivity contribution in [2.75, 3.05) is 14.2 Å². The van der Waals surface area contributed by atoms with Crippen molar-refractivity contribution in [1.82, 2.24) is 5.32 Å². The molecule has 2 rings (SSSR count). The molecule has 82 valence electrons. The van der Waals surface area contributed by atoms with Gasteiger partial charge in [-0.25, -0.2) is 0 Å². The molecule has 1 N–H and O–H groups in total. The van der Waals surface area contributed by atoms with Crippen molar-refractivity contribution in [3.63, 3.8) is 0 Å². The quantitative estimate of drug-likeness (QED) is 0.818. The third-order valence-corrected chi connectivity index (χ3v) is 3.42. The molecular weight excluding hydrogens is 186 g/mol. The molecule has 0 radical (unpaired) electrons. The van der Waals surface area contributed by atoms with E-state index in [4.69, 9.17) is 4.74 Å². The number of para-hydroxylation sites is 1. The highest BCUT2D eigenvalue weighted by Gasteiger charge is 2.26.